The molecule has 1 aliphatic rings. The van der Waals surface area contributed by atoms with Gasteiger partial charge in [0.2, 0.25) is 0 Å². The van der Waals surface area contributed by atoms with Gasteiger partial charge in [-0.3, -0.25) is 0 Å². The number of carbonyl (C=O) groups excluding carboxylic acids is 1. The molecule has 0 amide bonds. The van der Waals surface area contributed by atoms with Crippen LogP contribution >= 0.6 is 0 Å². The van der Waals surface area contributed by atoms with Crippen molar-refractivity contribution < 1.29 is 14.3 Å². The monoisotopic (exact) mass is 251 g/mol. The number of hydrogen-bond acceptors (Lipinski definition) is 4. The largest absolute Gasteiger partial charge is 0.449 e. The van der Waals surface area contributed by atoms with Gasteiger partial charge in [-0.2, -0.15) is 0 Å². The first-order valence-corrected chi connectivity index (χ1v) is 5.75. The van der Waals surface area contributed by atoms with E-state index in [1.165, 1.54) is 0 Å². The number of nitriles is 1. The van der Waals surface area contributed by atoms with Gasteiger partial charge in [0.05, 0.1) is 5.56 Å². The molecule has 4 heteroatoms. The van der Waals surface area contributed by atoms with E-state index in [1.807, 2.05) is 18.2 Å². The Morgan fingerprint density at radius 3 is 2.58 bits per heavy atom. The van der Waals surface area contributed by atoms with Gasteiger partial charge in [0.25, 0.3) is 6.26 Å². The lowest BCUT2D eigenvalue weighted by molar-refractivity contribution is 0.0456. The first-order chi connectivity index (χ1) is 9.29. The molecular formula is C15H9NO3. The fraction of sp³-hybridized carbons (Fsp3) is 0.0667. The number of carbonyl (C=O) groups is 1. The third kappa shape index (κ3) is 1.91. The Kier molecular flexibility index (Phi) is 2.66. The number of ether oxygens (including phenoxy) is 2. The highest BCUT2D eigenvalue weighted by atomic mass is 16.5. The molecule has 1 unspecified atom stereocenters. The number of fused-ring (bicyclic) bond motifs is 1. The van der Waals surface area contributed by atoms with E-state index in [2.05, 4.69) is 0 Å². The molecule has 1 aliphatic heterocycles. The summed E-state index contributed by atoms with van der Waals surface area (Å²) in [6.07, 6.45) is 1.22. The number of nitrogens with zero attached hydrogens (tertiary/aromatic N) is 1. The molecular weight excluding hydrogens is 242 g/mol. The standard InChI is InChI=1S/C15H9NO3/c16-9-18-11-7-5-10(6-8-11)14-12-3-1-2-4-13(12)15(17)19-14/h1-8,14H. The first-order valence-electron chi connectivity index (χ1n) is 5.75. The second-order valence-electron chi connectivity index (χ2n) is 4.13. The van der Waals surface area contributed by atoms with Gasteiger partial charge in [-0.1, -0.05) is 30.3 Å². The van der Waals surface area contributed by atoms with Crippen LogP contribution in [0.25, 0.3) is 0 Å². The van der Waals surface area contributed by atoms with Gasteiger partial charge in [0.15, 0.2) is 6.10 Å². The second kappa shape index (κ2) is 4.46. The zero-order chi connectivity index (χ0) is 13.2. The number of benzene rings is 2. The van der Waals surface area contributed by atoms with Crippen molar-refractivity contribution >= 4 is 5.97 Å². The van der Waals surface area contributed by atoms with Crippen LogP contribution in [-0.4, -0.2) is 5.97 Å². The third-order valence-corrected chi connectivity index (χ3v) is 3.03. The van der Waals surface area contributed by atoms with Gasteiger partial charge < -0.3 is 9.47 Å². The molecule has 0 aromatic heterocycles. The first kappa shape index (κ1) is 11.3. The normalized spacial score (nSPS) is 16.4. The van der Waals surface area contributed by atoms with E-state index in [-0.39, 0.29) is 12.1 Å². The summed E-state index contributed by atoms with van der Waals surface area (Å²) in [7, 11) is 0. The summed E-state index contributed by atoms with van der Waals surface area (Å²) in [5, 5.41) is 8.42. The molecule has 0 radical (unpaired) electrons. The van der Waals surface area contributed by atoms with Gasteiger partial charge in [0.1, 0.15) is 5.75 Å². The van der Waals surface area contributed by atoms with Crippen molar-refractivity contribution in [3.8, 4) is 12.0 Å². The Bertz CT molecular complexity index is 671. The van der Waals surface area contributed by atoms with Gasteiger partial charge >= 0.3 is 5.97 Å². The van der Waals surface area contributed by atoms with Crippen molar-refractivity contribution in [2.75, 3.05) is 0 Å². The van der Waals surface area contributed by atoms with Crippen LogP contribution < -0.4 is 4.74 Å². The fourth-order valence-corrected chi connectivity index (χ4v) is 2.16. The molecule has 0 bridgehead atoms. The Morgan fingerprint density at radius 1 is 1.11 bits per heavy atom. The van der Waals surface area contributed by atoms with Gasteiger partial charge in [-0.15, -0.1) is 5.26 Å². The Balaban J connectivity index is 1.96. The van der Waals surface area contributed by atoms with E-state index in [4.69, 9.17) is 14.7 Å². The summed E-state index contributed by atoms with van der Waals surface area (Å²) in [5.74, 6) is 0.154. The number of rotatable bonds is 2. The lowest BCUT2D eigenvalue weighted by Gasteiger charge is -2.11. The van der Waals surface area contributed by atoms with Crippen LogP contribution in [0.3, 0.4) is 0 Å². The molecule has 2 aromatic carbocycles. The molecule has 0 aliphatic carbocycles. The maximum atomic E-state index is 11.7. The molecule has 4 nitrogen and oxygen atoms in total. The van der Waals surface area contributed by atoms with E-state index < -0.39 is 0 Å². The summed E-state index contributed by atoms with van der Waals surface area (Å²) in [5.41, 5.74) is 2.31. The quantitative estimate of drug-likeness (QED) is 0.608. The van der Waals surface area contributed by atoms with Gasteiger partial charge in [0, 0.05) is 5.56 Å². The highest BCUT2D eigenvalue weighted by Gasteiger charge is 2.31. The molecule has 0 N–H and O–H groups in total. The molecule has 0 saturated heterocycles. The number of cyclic esters (lactones) is 1. The lowest BCUT2D eigenvalue weighted by atomic mass is 9.99. The smallest absolute Gasteiger partial charge is 0.339 e. The van der Waals surface area contributed by atoms with Crippen molar-refractivity contribution in [2.45, 2.75) is 6.10 Å². The van der Waals surface area contributed by atoms with E-state index in [1.54, 1.807) is 36.6 Å². The topological polar surface area (TPSA) is 59.3 Å². The molecule has 0 spiro atoms. The highest BCUT2D eigenvalue weighted by Crippen LogP contribution is 2.35. The molecule has 1 atom stereocenters. The summed E-state index contributed by atoms with van der Waals surface area (Å²) >= 11 is 0. The van der Waals surface area contributed by atoms with Crippen molar-refractivity contribution in [1.29, 1.82) is 5.26 Å². The summed E-state index contributed by atoms with van der Waals surface area (Å²) < 4.78 is 10.1. The van der Waals surface area contributed by atoms with Crippen LogP contribution in [0.2, 0.25) is 0 Å². The summed E-state index contributed by atoms with van der Waals surface area (Å²) in [6.45, 7) is 0. The van der Waals surface area contributed by atoms with Crippen molar-refractivity contribution in [3.63, 3.8) is 0 Å². The fourth-order valence-electron chi connectivity index (χ4n) is 2.16. The Hall–Kier alpha value is -2.80. The Morgan fingerprint density at radius 2 is 1.84 bits per heavy atom. The molecule has 1 heterocycles. The maximum absolute atomic E-state index is 11.7. The molecule has 3 rings (SSSR count). The van der Waals surface area contributed by atoms with Crippen LogP contribution in [0.4, 0.5) is 0 Å². The van der Waals surface area contributed by atoms with Crippen molar-refractivity contribution in [2.24, 2.45) is 0 Å². The predicted octanol–water partition coefficient (Wildman–Crippen LogP) is 2.81. The Labute approximate surface area is 109 Å². The van der Waals surface area contributed by atoms with Gasteiger partial charge in [-0.05, 0) is 23.8 Å². The molecule has 92 valence electrons. The van der Waals surface area contributed by atoms with Crippen LogP contribution in [-0.2, 0) is 4.74 Å². The van der Waals surface area contributed by atoms with Crippen LogP contribution in [0.5, 0.6) is 5.75 Å². The third-order valence-electron chi connectivity index (χ3n) is 3.03. The second-order valence-corrected chi connectivity index (χ2v) is 4.13. The summed E-state index contributed by atoms with van der Waals surface area (Å²) in [6, 6.07) is 14.2. The van der Waals surface area contributed by atoms with E-state index in [9.17, 15) is 4.79 Å². The lowest BCUT2D eigenvalue weighted by Crippen LogP contribution is -2.00. The minimum atomic E-state index is -0.389. The predicted molar refractivity (Wildman–Crippen MR) is 66.4 cm³/mol. The molecule has 0 saturated carbocycles. The molecule has 0 fully saturated rings. The van der Waals surface area contributed by atoms with Crippen molar-refractivity contribution in [3.05, 3.63) is 65.2 Å². The molecule has 19 heavy (non-hydrogen) atoms. The van der Waals surface area contributed by atoms with E-state index in [0.717, 1.165) is 11.1 Å². The maximum Gasteiger partial charge on any atom is 0.339 e. The zero-order valence-electron chi connectivity index (χ0n) is 9.87. The zero-order valence-corrected chi connectivity index (χ0v) is 9.87. The van der Waals surface area contributed by atoms with Gasteiger partial charge in [-0.25, -0.2) is 4.79 Å². The van der Waals surface area contributed by atoms with Crippen LogP contribution in [0, 0.1) is 11.5 Å². The van der Waals surface area contributed by atoms with Crippen LogP contribution in [0.15, 0.2) is 48.5 Å². The minimum absolute atomic E-state index is 0.307. The summed E-state index contributed by atoms with van der Waals surface area (Å²) in [4.78, 5) is 11.7. The molecule has 2 aromatic rings. The number of hydrogen-bond donors (Lipinski definition) is 0. The van der Waals surface area contributed by atoms with Crippen LogP contribution in [0.1, 0.15) is 27.6 Å². The van der Waals surface area contributed by atoms with E-state index >= 15 is 0 Å². The number of esters is 1. The SMILES string of the molecule is N#COc1ccc(C2OC(=O)c3ccccc32)cc1. The van der Waals surface area contributed by atoms with E-state index in [0.29, 0.717) is 11.3 Å². The average Bonchev–Trinajstić information content (AvgIpc) is 2.78. The average molecular weight is 251 g/mol. The highest BCUT2D eigenvalue weighted by molar-refractivity contribution is 5.94. The van der Waals surface area contributed by atoms with Crippen molar-refractivity contribution in [1.82, 2.24) is 0 Å². The minimum Gasteiger partial charge on any atom is -0.449 e.